The van der Waals surface area contributed by atoms with Crippen LogP contribution in [0.25, 0.3) is 0 Å². The van der Waals surface area contributed by atoms with Crippen LogP contribution in [0.2, 0.25) is 0 Å². The Hall–Kier alpha value is -0.200. The molecule has 1 rings (SSSR count). The highest BCUT2D eigenvalue weighted by Gasteiger charge is 2.27. The summed E-state index contributed by atoms with van der Waals surface area (Å²) in [5.41, 5.74) is 0. The van der Waals surface area contributed by atoms with Crippen LogP contribution in [-0.2, 0) is 18.9 Å². The van der Waals surface area contributed by atoms with Gasteiger partial charge in [0, 0.05) is 12.6 Å². The maximum atomic E-state index is 5.67. The quantitative estimate of drug-likeness (QED) is 0.492. The maximum Gasteiger partial charge on any atom is 0.0704 e. The van der Waals surface area contributed by atoms with Gasteiger partial charge >= 0.3 is 0 Å². The molecule has 0 aliphatic heterocycles. The first-order chi connectivity index (χ1) is 9.86. The maximum absolute atomic E-state index is 5.67. The molecule has 0 saturated heterocycles. The molecule has 0 aromatic rings. The summed E-state index contributed by atoms with van der Waals surface area (Å²) in [6.07, 6.45) is 4.97. The third-order valence-corrected chi connectivity index (χ3v) is 3.47. The van der Waals surface area contributed by atoms with Gasteiger partial charge in [0.05, 0.1) is 45.7 Å². The fraction of sp³-hybridized carbons (Fsp3) is 1.00. The minimum Gasteiger partial charge on any atom is -0.379 e. The van der Waals surface area contributed by atoms with Gasteiger partial charge in [-0.1, -0.05) is 13.3 Å². The van der Waals surface area contributed by atoms with E-state index in [0.29, 0.717) is 51.8 Å². The smallest absolute Gasteiger partial charge is 0.0704 e. The van der Waals surface area contributed by atoms with Crippen LogP contribution in [0.4, 0.5) is 0 Å². The van der Waals surface area contributed by atoms with E-state index in [1.165, 1.54) is 6.42 Å². The summed E-state index contributed by atoms with van der Waals surface area (Å²) in [4.78, 5) is 0. The highest BCUT2D eigenvalue weighted by atomic mass is 16.6. The summed E-state index contributed by atoms with van der Waals surface area (Å²) in [7, 11) is 2.00. The van der Waals surface area contributed by atoms with Crippen LogP contribution in [-0.4, -0.2) is 65.4 Å². The molecular weight excluding hydrogens is 258 g/mol. The van der Waals surface area contributed by atoms with Gasteiger partial charge in [-0.2, -0.15) is 0 Å². The Labute approximate surface area is 123 Å². The van der Waals surface area contributed by atoms with Gasteiger partial charge in [0.25, 0.3) is 0 Å². The molecule has 0 heterocycles. The molecule has 0 spiro atoms. The monoisotopic (exact) mass is 289 g/mol. The Bertz CT molecular complexity index is 210. The van der Waals surface area contributed by atoms with Crippen molar-refractivity contribution in [3.05, 3.63) is 0 Å². The molecule has 1 aliphatic carbocycles. The van der Waals surface area contributed by atoms with E-state index in [-0.39, 0.29) is 0 Å². The zero-order valence-corrected chi connectivity index (χ0v) is 13.1. The average molecular weight is 289 g/mol. The van der Waals surface area contributed by atoms with Crippen molar-refractivity contribution in [3.8, 4) is 0 Å². The van der Waals surface area contributed by atoms with Crippen LogP contribution in [0.5, 0.6) is 0 Å². The van der Waals surface area contributed by atoms with Crippen molar-refractivity contribution in [1.29, 1.82) is 0 Å². The molecule has 0 aromatic heterocycles. The topological polar surface area (TPSA) is 49.0 Å². The zero-order chi connectivity index (χ0) is 14.5. The first-order valence-corrected chi connectivity index (χ1v) is 7.89. The van der Waals surface area contributed by atoms with Gasteiger partial charge in [-0.05, 0) is 26.3 Å². The predicted molar refractivity (Wildman–Crippen MR) is 79.2 cm³/mol. The Morgan fingerprint density at radius 1 is 0.850 bits per heavy atom. The number of ether oxygens (including phenoxy) is 4. The molecule has 1 saturated carbocycles. The molecule has 0 unspecified atom stereocenters. The van der Waals surface area contributed by atoms with Crippen molar-refractivity contribution in [2.45, 2.75) is 44.8 Å². The van der Waals surface area contributed by atoms with Crippen LogP contribution >= 0.6 is 0 Å². The first-order valence-electron chi connectivity index (χ1n) is 7.89. The average Bonchev–Trinajstić information content (AvgIpc) is 2.42. The Morgan fingerprint density at radius 2 is 1.40 bits per heavy atom. The largest absolute Gasteiger partial charge is 0.379 e. The molecule has 0 amide bonds. The fourth-order valence-corrected chi connectivity index (χ4v) is 2.00. The van der Waals surface area contributed by atoms with E-state index in [2.05, 4.69) is 12.2 Å². The second-order valence-corrected chi connectivity index (χ2v) is 5.14. The lowest BCUT2D eigenvalue weighted by atomic mass is 9.89. The molecule has 1 N–H and O–H groups in total. The summed E-state index contributed by atoms with van der Waals surface area (Å²) in [6, 6.07) is 0.647. The third kappa shape index (κ3) is 8.87. The summed E-state index contributed by atoms with van der Waals surface area (Å²) >= 11 is 0. The molecule has 0 bridgehead atoms. The Kier molecular flexibility index (Phi) is 11.2. The number of hydrogen-bond donors (Lipinski definition) is 1. The van der Waals surface area contributed by atoms with Gasteiger partial charge in [-0.25, -0.2) is 0 Å². The molecule has 1 fully saturated rings. The van der Waals surface area contributed by atoms with E-state index in [1.54, 1.807) is 0 Å². The normalized spacial score (nSPS) is 21.9. The van der Waals surface area contributed by atoms with Crippen LogP contribution in [0.3, 0.4) is 0 Å². The van der Waals surface area contributed by atoms with Gasteiger partial charge in [0.2, 0.25) is 0 Å². The number of nitrogens with one attached hydrogen (secondary N) is 1. The van der Waals surface area contributed by atoms with E-state index >= 15 is 0 Å². The van der Waals surface area contributed by atoms with Gasteiger partial charge < -0.3 is 24.3 Å². The molecule has 20 heavy (non-hydrogen) atoms. The Morgan fingerprint density at radius 3 is 1.95 bits per heavy atom. The van der Waals surface area contributed by atoms with Gasteiger partial charge in [0.1, 0.15) is 0 Å². The SMILES string of the molecule is CCCCOCCOCCOCCOC1CC(NC)C1. The highest BCUT2D eigenvalue weighted by Crippen LogP contribution is 2.22. The van der Waals surface area contributed by atoms with E-state index in [1.807, 2.05) is 7.05 Å². The minimum atomic E-state index is 0.424. The van der Waals surface area contributed by atoms with Crippen LogP contribution < -0.4 is 5.32 Å². The van der Waals surface area contributed by atoms with Crippen molar-refractivity contribution in [1.82, 2.24) is 5.32 Å². The van der Waals surface area contributed by atoms with Crippen molar-refractivity contribution in [3.63, 3.8) is 0 Å². The number of hydrogen-bond acceptors (Lipinski definition) is 5. The van der Waals surface area contributed by atoms with Gasteiger partial charge in [0.15, 0.2) is 0 Å². The van der Waals surface area contributed by atoms with E-state index in [9.17, 15) is 0 Å². The minimum absolute atomic E-state index is 0.424. The fourth-order valence-electron chi connectivity index (χ4n) is 2.00. The van der Waals surface area contributed by atoms with Crippen molar-refractivity contribution < 1.29 is 18.9 Å². The first kappa shape index (κ1) is 17.9. The second-order valence-electron chi connectivity index (χ2n) is 5.14. The molecule has 5 nitrogen and oxygen atoms in total. The molecule has 120 valence electrons. The van der Waals surface area contributed by atoms with Crippen molar-refractivity contribution in [2.75, 3.05) is 53.3 Å². The summed E-state index contributed by atoms with van der Waals surface area (Å²) < 4.78 is 21.9. The van der Waals surface area contributed by atoms with Gasteiger partial charge in [-0.15, -0.1) is 0 Å². The van der Waals surface area contributed by atoms with E-state index in [0.717, 1.165) is 25.9 Å². The summed E-state index contributed by atoms with van der Waals surface area (Å²) in [5, 5.41) is 3.24. The molecule has 5 heteroatoms. The third-order valence-electron chi connectivity index (χ3n) is 3.47. The van der Waals surface area contributed by atoms with E-state index < -0.39 is 0 Å². The second kappa shape index (κ2) is 12.5. The summed E-state index contributed by atoms with van der Waals surface area (Å²) in [5.74, 6) is 0. The highest BCUT2D eigenvalue weighted by molar-refractivity contribution is 4.84. The Balaban J connectivity index is 1.67. The van der Waals surface area contributed by atoms with Crippen molar-refractivity contribution >= 4 is 0 Å². The zero-order valence-electron chi connectivity index (χ0n) is 13.1. The molecule has 0 radical (unpaired) electrons. The predicted octanol–water partition coefficient (Wildman–Crippen LogP) is 1.60. The molecule has 0 aromatic carbocycles. The molecule has 0 atom stereocenters. The standard InChI is InChI=1S/C15H31NO4/c1-3-4-5-17-6-7-18-8-9-19-10-11-20-15-12-14(13-15)16-2/h14-16H,3-13H2,1-2H3. The van der Waals surface area contributed by atoms with Crippen LogP contribution in [0.1, 0.15) is 32.6 Å². The van der Waals surface area contributed by atoms with Crippen molar-refractivity contribution in [2.24, 2.45) is 0 Å². The number of unbranched alkanes of at least 4 members (excludes halogenated alkanes) is 1. The molecular formula is C15H31NO4. The lowest BCUT2D eigenvalue weighted by molar-refractivity contribution is -0.0489. The lowest BCUT2D eigenvalue weighted by Gasteiger charge is -2.34. The summed E-state index contributed by atoms with van der Waals surface area (Å²) in [6.45, 7) is 6.91. The van der Waals surface area contributed by atoms with Crippen LogP contribution in [0, 0.1) is 0 Å². The lowest BCUT2D eigenvalue weighted by Crippen LogP contribution is -2.44. The molecule has 1 aliphatic rings. The van der Waals surface area contributed by atoms with Crippen LogP contribution in [0.15, 0.2) is 0 Å². The van der Waals surface area contributed by atoms with E-state index in [4.69, 9.17) is 18.9 Å². The van der Waals surface area contributed by atoms with Gasteiger partial charge in [-0.3, -0.25) is 0 Å². The number of rotatable bonds is 14.